The molecule has 0 spiro atoms. The summed E-state index contributed by atoms with van der Waals surface area (Å²) in [6, 6.07) is 16.7. The third kappa shape index (κ3) is 3.57. The van der Waals surface area contributed by atoms with Gasteiger partial charge in [-0.25, -0.2) is 9.38 Å². The zero-order valence-electron chi connectivity index (χ0n) is 12.9. The van der Waals surface area contributed by atoms with Crippen molar-refractivity contribution in [3.05, 3.63) is 65.5 Å². The number of hydrogen-bond acceptors (Lipinski definition) is 2. The van der Waals surface area contributed by atoms with Gasteiger partial charge in [-0.1, -0.05) is 36.4 Å². The second kappa shape index (κ2) is 7.06. The molecule has 3 rings (SSSR count). The Labute approximate surface area is 135 Å². The lowest BCUT2D eigenvalue weighted by Gasteiger charge is -2.30. The molecule has 0 amide bonds. The fraction of sp³-hybridized carbons (Fsp3) is 0.263. The molecule has 0 unspecified atom stereocenters. The highest BCUT2D eigenvalue weighted by Gasteiger charge is 2.18. The normalized spacial score (nSPS) is 16.3. The first-order chi connectivity index (χ1) is 11.3. The van der Waals surface area contributed by atoms with Gasteiger partial charge in [0, 0.05) is 19.5 Å². The average Bonchev–Trinajstić information content (AvgIpc) is 2.58. The van der Waals surface area contributed by atoms with Crippen LogP contribution in [0.25, 0.3) is 0 Å². The van der Waals surface area contributed by atoms with Gasteiger partial charge in [0.25, 0.3) is 0 Å². The summed E-state index contributed by atoms with van der Waals surface area (Å²) in [5, 5.41) is 9.16. The molecule has 1 saturated heterocycles. The number of nitriles is 1. The minimum atomic E-state index is -0.514. The van der Waals surface area contributed by atoms with E-state index in [1.165, 1.54) is 11.6 Å². The molecule has 0 atom stereocenters. The van der Waals surface area contributed by atoms with Gasteiger partial charge in [0.05, 0.1) is 5.69 Å². The first-order valence-corrected chi connectivity index (χ1v) is 7.83. The van der Waals surface area contributed by atoms with Gasteiger partial charge in [-0.3, -0.25) is 0 Å². The van der Waals surface area contributed by atoms with Crippen LogP contribution >= 0.6 is 0 Å². The van der Waals surface area contributed by atoms with Crippen LogP contribution in [0.5, 0.6) is 0 Å². The summed E-state index contributed by atoms with van der Waals surface area (Å²) in [6.07, 6.45) is 3.05. The molecule has 1 aliphatic rings. The van der Waals surface area contributed by atoms with E-state index in [0.29, 0.717) is 5.69 Å². The predicted octanol–water partition coefficient (Wildman–Crippen LogP) is 4.41. The van der Waals surface area contributed by atoms with E-state index < -0.39 is 5.82 Å². The van der Waals surface area contributed by atoms with Crippen molar-refractivity contribution >= 4 is 11.5 Å². The van der Waals surface area contributed by atoms with Crippen molar-refractivity contribution < 1.29 is 4.39 Å². The Morgan fingerprint density at radius 1 is 1.09 bits per heavy atom. The molecule has 4 heteroatoms. The van der Waals surface area contributed by atoms with Crippen LogP contribution in [-0.2, 0) is 6.54 Å². The number of rotatable bonds is 3. The van der Waals surface area contributed by atoms with Gasteiger partial charge in [-0.2, -0.15) is 5.26 Å². The number of hydrogen-bond donors (Lipinski definition) is 0. The van der Waals surface area contributed by atoms with Crippen molar-refractivity contribution in [3.63, 3.8) is 0 Å². The molecule has 2 aromatic rings. The maximum Gasteiger partial charge on any atom is 0.143 e. The van der Waals surface area contributed by atoms with E-state index in [1.807, 2.05) is 24.3 Å². The largest absolute Gasteiger partial charge is 0.356 e. The number of halogens is 1. The van der Waals surface area contributed by atoms with Crippen molar-refractivity contribution in [1.29, 1.82) is 5.26 Å². The minimum absolute atomic E-state index is 0.0187. The van der Waals surface area contributed by atoms with Crippen LogP contribution in [0.15, 0.2) is 53.5 Å². The van der Waals surface area contributed by atoms with Crippen molar-refractivity contribution in [2.75, 3.05) is 6.54 Å². The van der Waals surface area contributed by atoms with Gasteiger partial charge in [0.2, 0.25) is 0 Å². The highest BCUT2D eigenvalue weighted by molar-refractivity contribution is 5.86. The highest BCUT2D eigenvalue weighted by Crippen LogP contribution is 2.24. The number of benzene rings is 2. The molecule has 0 aliphatic carbocycles. The lowest BCUT2D eigenvalue weighted by Crippen LogP contribution is -2.34. The van der Waals surface area contributed by atoms with Crippen molar-refractivity contribution in [3.8, 4) is 6.07 Å². The number of likely N-dealkylation sites (tertiary alicyclic amines) is 1. The van der Waals surface area contributed by atoms with E-state index in [9.17, 15) is 4.39 Å². The zero-order chi connectivity index (χ0) is 16.1. The van der Waals surface area contributed by atoms with Crippen LogP contribution in [0.2, 0.25) is 0 Å². The topological polar surface area (TPSA) is 39.4 Å². The molecule has 1 aliphatic heterocycles. The molecule has 0 N–H and O–H groups in total. The van der Waals surface area contributed by atoms with E-state index in [1.54, 1.807) is 12.1 Å². The number of nitrogens with zero attached hydrogens (tertiary/aromatic N) is 3. The van der Waals surface area contributed by atoms with Crippen molar-refractivity contribution in [2.45, 2.75) is 25.8 Å². The fourth-order valence-corrected chi connectivity index (χ4v) is 2.83. The number of amidine groups is 1. The van der Waals surface area contributed by atoms with Gasteiger partial charge in [-0.15, -0.1) is 0 Å². The van der Waals surface area contributed by atoms with Crippen LogP contribution in [0.3, 0.4) is 0 Å². The van der Waals surface area contributed by atoms with E-state index in [2.05, 4.69) is 22.0 Å². The Bertz CT molecular complexity index is 747. The minimum Gasteiger partial charge on any atom is -0.356 e. The lowest BCUT2D eigenvalue weighted by molar-refractivity contribution is 0.364. The maximum atomic E-state index is 13.7. The highest BCUT2D eigenvalue weighted by atomic mass is 19.1. The number of aliphatic imine (C=N–C) groups is 1. The molecule has 1 fully saturated rings. The molecule has 0 bridgehead atoms. The van der Waals surface area contributed by atoms with Crippen LogP contribution < -0.4 is 0 Å². The summed E-state index contributed by atoms with van der Waals surface area (Å²) in [5.74, 6) is 0.418. The Hall–Kier alpha value is -2.67. The molecule has 2 aromatic carbocycles. The molecule has 116 valence electrons. The quantitative estimate of drug-likeness (QED) is 0.842. The van der Waals surface area contributed by atoms with Gasteiger partial charge in [-0.05, 0) is 30.5 Å². The summed E-state index contributed by atoms with van der Waals surface area (Å²) in [7, 11) is 0. The molecule has 23 heavy (non-hydrogen) atoms. The molecule has 3 nitrogen and oxygen atoms in total. The van der Waals surface area contributed by atoms with E-state index >= 15 is 0 Å². The maximum absolute atomic E-state index is 13.7. The smallest absolute Gasteiger partial charge is 0.143 e. The Morgan fingerprint density at radius 2 is 1.91 bits per heavy atom. The van der Waals surface area contributed by atoms with Gasteiger partial charge in [0.15, 0.2) is 0 Å². The molecule has 0 saturated carbocycles. The monoisotopic (exact) mass is 307 g/mol. The Morgan fingerprint density at radius 3 is 2.70 bits per heavy atom. The van der Waals surface area contributed by atoms with Gasteiger partial charge in [0.1, 0.15) is 23.3 Å². The summed E-state index contributed by atoms with van der Waals surface area (Å²) in [6.45, 7) is 1.72. The van der Waals surface area contributed by atoms with E-state index in [0.717, 1.165) is 38.2 Å². The molecular weight excluding hydrogens is 289 g/mol. The summed E-state index contributed by atoms with van der Waals surface area (Å²) in [5.41, 5.74) is 1.66. The third-order valence-corrected chi connectivity index (χ3v) is 4.01. The van der Waals surface area contributed by atoms with Crippen molar-refractivity contribution in [1.82, 2.24) is 4.90 Å². The van der Waals surface area contributed by atoms with Crippen LogP contribution in [0.4, 0.5) is 10.1 Å². The second-order valence-corrected chi connectivity index (χ2v) is 5.64. The Balaban J connectivity index is 1.90. The van der Waals surface area contributed by atoms with Crippen LogP contribution in [0, 0.1) is 17.1 Å². The molecule has 1 heterocycles. The standard InChI is InChI=1S/C19H18FN3/c20-17-9-6-10-18(16(17)13-21)22-19-11-4-5-12-23(19)14-15-7-2-1-3-8-15/h1-3,6-10H,4-5,11-12,14H2. The third-order valence-electron chi connectivity index (χ3n) is 4.01. The number of piperidine rings is 1. The zero-order valence-corrected chi connectivity index (χ0v) is 12.9. The van der Waals surface area contributed by atoms with E-state index in [-0.39, 0.29) is 5.56 Å². The summed E-state index contributed by atoms with van der Waals surface area (Å²) >= 11 is 0. The van der Waals surface area contributed by atoms with Gasteiger partial charge >= 0.3 is 0 Å². The van der Waals surface area contributed by atoms with E-state index in [4.69, 9.17) is 5.26 Å². The van der Waals surface area contributed by atoms with Gasteiger partial charge < -0.3 is 4.90 Å². The Kier molecular flexibility index (Phi) is 4.68. The molecular formula is C19H18FN3. The summed E-state index contributed by atoms with van der Waals surface area (Å²) < 4.78 is 13.7. The first kappa shape index (κ1) is 15.2. The lowest BCUT2D eigenvalue weighted by atomic mass is 10.1. The average molecular weight is 307 g/mol. The molecule has 0 aromatic heterocycles. The molecule has 0 radical (unpaired) electrons. The predicted molar refractivity (Wildman–Crippen MR) is 88.9 cm³/mol. The SMILES string of the molecule is N#Cc1c(F)cccc1N=C1CCCCN1Cc1ccccc1. The summed E-state index contributed by atoms with van der Waals surface area (Å²) in [4.78, 5) is 6.83. The van der Waals surface area contributed by atoms with Crippen LogP contribution in [-0.4, -0.2) is 17.3 Å². The second-order valence-electron chi connectivity index (χ2n) is 5.64. The van der Waals surface area contributed by atoms with Crippen molar-refractivity contribution in [2.24, 2.45) is 4.99 Å². The first-order valence-electron chi connectivity index (χ1n) is 7.83. The fourth-order valence-electron chi connectivity index (χ4n) is 2.83. The van der Waals surface area contributed by atoms with Crippen LogP contribution in [0.1, 0.15) is 30.4 Å².